The van der Waals surface area contributed by atoms with Gasteiger partial charge in [0.15, 0.2) is 0 Å². The van der Waals surface area contributed by atoms with E-state index in [1.807, 2.05) is 13.8 Å². The van der Waals surface area contributed by atoms with E-state index >= 15 is 0 Å². The molecule has 0 saturated carbocycles. The Morgan fingerprint density at radius 2 is 1.51 bits per heavy atom. The van der Waals surface area contributed by atoms with Crippen molar-refractivity contribution >= 4 is 27.0 Å². The lowest BCUT2D eigenvalue weighted by atomic mass is 10.0. The highest BCUT2D eigenvalue weighted by molar-refractivity contribution is 7.89. The molecular weight excluding hydrogens is 466 g/mol. The van der Waals surface area contributed by atoms with Crippen molar-refractivity contribution in [1.82, 2.24) is 4.72 Å². The predicted molar refractivity (Wildman–Crippen MR) is 133 cm³/mol. The van der Waals surface area contributed by atoms with Gasteiger partial charge in [0.25, 0.3) is 0 Å². The van der Waals surface area contributed by atoms with E-state index in [1.165, 1.54) is 12.1 Å². The van der Waals surface area contributed by atoms with E-state index in [0.29, 0.717) is 22.3 Å². The lowest BCUT2D eigenvalue weighted by Gasteiger charge is -2.19. The lowest BCUT2D eigenvalue weighted by Crippen LogP contribution is -2.36. The first-order chi connectivity index (χ1) is 16.6. The number of carbonyl (C=O) groups is 1. The second kappa shape index (κ2) is 9.48. The summed E-state index contributed by atoms with van der Waals surface area (Å²) >= 11 is 0. The molecular formula is C27H25NO6S. The van der Waals surface area contributed by atoms with E-state index in [-0.39, 0.29) is 10.6 Å². The third-order valence-corrected chi connectivity index (χ3v) is 7.45. The summed E-state index contributed by atoms with van der Waals surface area (Å²) in [5, 5.41) is 0.735. The van der Waals surface area contributed by atoms with Crippen molar-refractivity contribution in [3.8, 4) is 5.75 Å². The number of hydrogen-bond acceptors (Lipinski definition) is 6. The number of sulfonamides is 1. The van der Waals surface area contributed by atoms with Gasteiger partial charge in [-0.2, -0.15) is 4.72 Å². The van der Waals surface area contributed by atoms with Crippen LogP contribution in [-0.4, -0.2) is 14.4 Å². The van der Waals surface area contributed by atoms with Crippen LogP contribution in [0.2, 0.25) is 0 Å². The van der Waals surface area contributed by atoms with E-state index in [2.05, 4.69) is 4.72 Å². The SMILES string of the molecule is Cc1ccc(S(=O)(=O)N[C@H](C(=O)Oc2ccc3c(C)c(C)c(=O)oc3c2C)c2ccccc2)cc1. The number of hydrogen-bond donors (Lipinski definition) is 1. The Morgan fingerprint density at radius 3 is 2.17 bits per heavy atom. The summed E-state index contributed by atoms with van der Waals surface area (Å²) in [5.74, 6) is -0.648. The Kier molecular flexibility index (Phi) is 6.60. The van der Waals surface area contributed by atoms with Gasteiger partial charge in [-0.1, -0.05) is 48.0 Å². The molecule has 0 aliphatic rings. The van der Waals surface area contributed by atoms with Crippen LogP contribution in [0.3, 0.4) is 0 Å². The maximum Gasteiger partial charge on any atom is 0.339 e. The largest absolute Gasteiger partial charge is 0.425 e. The van der Waals surface area contributed by atoms with E-state index in [4.69, 9.17) is 9.15 Å². The molecule has 0 aliphatic heterocycles. The highest BCUT2D eigenvalue weighted by Gasteiger charge is 2.29. The van der Waals surface area contributed by atoms with Crippen LogP contribution in [0.25, 0.3) is 11.0 Å². The number of aryl methyl sites for hydroxylation is 3. The molecule has 0 spiro atoms. The minimum atomic E-state index is -4.03. The molecule has 4 aromatic rings. The van der Waals surface area contributed by atoms with Crippen LogP contribution >= 0.6 is 0 Å². The maximum atomic E-state index is 13.3. The summed E-state index contributed by atoms with van der Waals surface area (Å²) in [4.78, 5) is 25.5. The lowest BCUT2D eigenvalue weighted by molar-refractivity contribution is -0.136. The van der Waals surface area contributed by atoms with E-state index in [1.54, 1.807) is 68.4 Å². The molecule has 180 valence electrons. The van der Waals surface area contributed by atoms with Crippen molar-refractivity contribution < 1.29 is 22.4 Å². The molecule has 0 radical (unpaired) electrons. The van der Waals surface area contributed by atoms with Gasteiger partial charge in [-0.3, -0.25) is 0 Å². The van der Waals surface area contributed by atoms with Crippen LogP contribution in [-0.2, 0) is 14.8 Å². The summed E-state index contributed by atoms with van der Waals surface area (Å²) in [6.07, 6.45) is 0. The van der Waals surface area contributed by atoms with Crippen molar-refractivity contribution in [2.24, 2.45) is 0 Å². The second-order valence-electron chi connectivity index (χ2n) is 8.40. The first-order valence-electron chi connectivity index (χ1n) is 11.0. The number of benzene rings is 3. The standard InChI is InChI=1S/C27H25NO6S/c1-16-10-12-21(13-11-16)35(31,32)28-24(20-8-6-5-7-9-20)27(30)33-23-15-14-22-17(2)18(3)26(29)34-25(22)19(23)4/h5-15,24,28H,1-4H3/t24-/m0/s1. The fourth-order valence-corrected chi connectivity index (χ4v) is 4.91. The van der Waals surface area contributed by atoms with Gasteiger partial charge in [0, 0.05) is 16.5 Å². The molecule has 1 aromatic heterocycles. The highest BCUT2D eigenvalue weighted by atomic mass is 32.2. The van der Waals surface area contributed by atoms with Crippen LogP contribution in [0.1, 0.15) is 33.9 Å². The predicted octanol–water partition coefficient (Wildman–Crippen LogP) is 4.65. The number of rotatable bonds is 6. The highest BCUT2D eigenvalue weighted by Crippen LogP contribution is 2.30. The Balaban J connectivity index is 1.71. The maximum absolute atomic E-state index is 13.3. The molecule has 0 aliphatic carbocycles. The molecule has 8 heteroatoms. The smallest absolute Gasteiger partial charge is 0.339 e. The van der Waals surface area contributed by atoms with E-state index in [0.717, 1.165) is 16.5 Å². The Bertz CT molecular complexity index is 1570. The molecule has 35 heavy (non-hydrogen) atoms. The van der Waals surface area contributed by atoms with Crippen LogP contribution in [0.4, 0.5) is 0 Å². The van der Waals surface area contributed by atoms with E-state index < -0.39 is 27.7 Å². The Morgan fingerprint density at radius 1 is 0.857 bits per heavy atom. The van der Waals surface area contributed by atoms with Crippen LogP contribution in [0.15, 0.2) is 80.8 Å². The van der Waals surface area contributed by atoms with Gasteiger partial charge in [-0.05, 0) is 63.1 Å². The fourth-order valence-electron chi connectivity index (χ4n) is 3.74. The van der Waals surface area contributed by atoms with Gasteiger partial charge in [0.05, 0.1) is 4.90 Å². The molecule has 0 saturated heterocycles. The van der Waals surface area contributed by atoms with Gasteiger partial charge >= 0.3 is 11.6 Å². The minimum Gasteiger partial charge on any atom is -0.425 e. The average Bonchev–Trinajstić information content (AvgIpc) is 2.84. The average molecular weight is 492 g/mol. The number of esters is 1. The Labute approximate surface area is 203 Å². The van der Waals surface area contributed by atoms with E-state index in [9.17, 15) is 18.0 Å². The molecule has 0 amide bonds. The zero-order valence-corrected chi connectivity index (χ0v) is 20.6. The van der Waals surface area contributed by atoms with Crippen molar-refractivity contribution in [1.29, 1.82) is 0 Å². The third-order valence-electron chi connectivity index (χ3n) is 6.01. The summed E-state index contributed by atoms with van der Waals surface area (Å²) in [6, 6.07) is 16.8. The zero-order chi connectivity index (χ0) is 25.3. The third kappa shape index (κ3) is 4.89. The van der Waals surface area contributed by atoms with Crippen molar-refractivity contribution in [2.75, 3.05) is 0 Å². The monoisotopic (exact) mass is 491 g/mol. The van der Waals surface area contributed by atoms with Crippen LogP contribution in [0, 0.1) is 27.7 Å². The van der Waals surface area contributed by atoms with Crippen molar-refractivity contribution in [2.45, 2.75) is 38.6 Å². The van der Waals surface area contributed by atoms with Gasteiger partial charge < -0.3 is 9.15 Å². The molecule has 4 rings (SSSR count). The first-order valence-corrected chi connectivity index (χ1v) is 12.5. The topological polar surface area (TPSA) is 103 Å². The normalized spacial score (nSPS) is 12.5. The number of nitrogens with one attached hydrogen (secondary N) is 1. The molecule has 1 heterocycles. The summed E-state index contributed by atoms with van der Waals surface area (Å²) in [6.45, 7) is 7.04. The van der Waals surface area contributed by atoms with Gasteiger partial charge in [-0.25, -0.2) is 18.0 Å². The summed E-state index contributed by atoms with van der Waals surface area (Å²) in [7, 11) is -4.03. The number of fused-ring (bicyclic) bond motifs is 1. The zero-order valence-electron chi connectivity index (χ0n) is 19.8. The quantitative estimate of drug-likeness (QED) is 0.239. The van der Waals surface area contributed by atoms with Crippen molar-refractivity contribution in [3.05, 3.63) is 105 Å². The van der Waals surface area contributed by atoms with Crippen molar-refractivity contribution in [3.63, 3.8) is 0 Å². The van der Waals surface area contributed by atoms with Crippen LogP contribution < -0.4 is 15.1 Å². The molecule has 1 atom stereocenters. The summed E-state index contributed by atoms with van der Waals surface area (Å²) < 4.78 is 39.7. The molecule has 1 N–H and O–H groups in total. The van der Waals surface area contributed by atoms with Crippen LogP contribution in [0.5, 0.6) is 5.75 Å². The second-order valence-corrected chi connectivity index (χ2v) is 10.1. The summed E-state index contributed by atoms with van der Waals surface area (Å²) in [5.41, 5.74) is 2.94. The van der Waals surface area contributed by atoms with Gasteiger partial charge in [0.2, 0.25) is 10.0 Å². The number of carbonyl (C=O) groups excluding carboxylic acids is 1. The molecule has 3 aromatic carbocycles. The molecule has 0 fully saturated rings. The first kappa shape index (κ1) is 24.4. The number of ether oxygens (including phenoxy) is 1. The molecule has 7 nitrogen and oxygen atoms in total. The molecule has 0 bridgehead atoms. The van der Waals surface area contributed by atoms with Gasteiger partial charge in [-0.15, -0.1) is 0 Å². The van der Waals surface area contributed by atoms with Gasteiger partial charge in [0.1, 0.15) is 17.4 Å². The Hall–Kier alpha value is -3.75. The molecule has 0 unspecified atom stereocenters. The minimum absolute atomic E-state index is 0.0336. The fraction of sp³-hybridized carbons (Fsp3) is 0.185.